The van der Waals surface area contributed by atoms with Crippen molar-refractivity contribution in [3.8, 4) is 16.9 Å². The lowest BCUT2D eigenvalue weighted by Gasteiger charge is -2.10. The molecule has 0 aromatic heterocycles. The average Bonchev–Trinajstić information content (AvgIpc) is 2.39. The molecule has 18 heavy (non-hydrogen) atoms. The van der Waals surface area contributed by atoms with Crippen LogP contribution in [-0.2, 0) is 6.54 Å². The van der Waals surface area contributed by atoms with Gasteiger partial charge in [0.25, 0.3) is 0 Å². The summed E-state index contributed by atoms with van der Waals surface area (Å²) in [4.78, 5) is 0. The highest BCUT2D eigenvalue weighted by Crippen LogP contribution is 2.27. The molecule has 0 amide bonds. The van der Waals surface area contributed by atoms with E-state index in [0.29, 0.717) is 0 Å². The van der Waals surface area contributed by atoms with Crippen LogP contribution >= 0.6 is 0 Å². The van der Waals surface area contributed by atoms with E-state index < -0.39 is 0 Å². The molecule has 0 heterocycles. The van der Waals surface area contributed by atoms with Crippen molar-refractivity contribution in [2.24, 2.45) is 0 Å². The van der Waals surface area contributed by atoms with Gasteiger partial charge in [-0.2, -0.15) is 0 Å². The first-order valence-corrected chi connectivity index (χ1v) is 6.13. The predicted octanol–water partition coefficient (Wildman–Crippen LogP) is 3.39. The van der Waals surface area contributed by atoms with Crippen LogP contribution in [0.1, 0.15) is 11.1 Å². The summed E-state index contributed by atoms with van der Waals surface area (Å²) in [5.41, 5.74) is 5.04. The third-order valence-corrected chi connectivity index (χ3v) is 3.05. The molecule has 2 heteroatoms. The van der Waals surface area contributed by atoms with E-state index in [1.54, 1.807) is 7.11 Å². The van der Waals surface area contributed by atoms with E-state index in [1.807, 2.05) is 13.1 Å². The quantitative estimate of drug-likeness (QED) is 0.886. The normalized spacial score (nSPS) is 10.4. The highest BCUT2D eigenvalue weighted by molar-refractivity contribution is 5.68. The van der Waals surface area contributed by atoms with Crippen molar-refractivity contribution in [2.75, 3.05) is 14.2 Å². The molecule has 0 atom stereocenters. The summed E-state index contributed by atoms with van der Waals surface area (Å²) in [5, 5.41) is 3.18. The zero-order valence-electron chi connectivity index (χ0n) is 11.2. The molecule has 2 rings (SSSR count). The van der Waals surface area contributed by atoms with E-state index in [9.17, 15) is 0 Å². The van der Waals surface area contributed by atoms with E-state index in [2.05, 4.69) is 48.6 Å². The Bertz CT molecular complexity index is 534. The molecule has 2 nitrogen and oxygen atoms in total. The number of rotatable bonds is 4. The maximum Gasteiger partial charge on any atom is 0.119 e. The summed E-state index contributed by atoms with van der Waals surface area (Å²) < 4.78 is 5.24. The molecule has 0 saturated heterocycles. The molecule has 2 aromatic rings. The Morgan fingerprint density at radius 1 is 1.11 bits per heavy atom. The van der Waals surface area contributed by atoms with Crippen molar-refractivity contribution in [3.05, 3.63) is 53.6 Å². The molecule has 0 spiro atoms. The molecule has 0 unspecified atom stereocenters. The van der Waals surface area contributed by atoms with Gasteiger partial charge in [0.05, 0.1) is 7.11 Å². The summed E-state index contributed by atoms with van der Waals surface area (Å²) in [6.45, 7) is 3.01. The minimum Gasteiger partial charge on any atom is -0.497 e. The van der Waals surface area contributed by atoms with Gasteiger partial charge in [0, 0.05) is 6.54 Å². The van der Waals surface area contributed by atoms with Crippen LogP contribution in [0.5, 0.6) is 5.75 Å². The second-order valence-electron chi connectivity index (χ2n) is 4.41. The van der Waals surface area contributed by atoms with Crippen LogP contribution in [-0.4, -0.2) is 14.2 Å². The van der Waals surface area contributed by atoms with Crippen LogP contribution < -0.4 is 10.1 Å². The first kappa shape index (κ1) is 12.7. The Hall–Kier alpha value is -1.80. The molecule has 0 bridgehead atoms. The second kappa shape index (κ2) is 5.69. The van der Waals surface area contributed by atoms with E-state index >= 15 is 0 Å². The number of nitrogens with one attached hydrogen (secondary N) is 1. The van der Waals surface area contributed by atoms with Crippen molar-refractivity contribution in [1.29, 1.82) is 0 Å². The fourth-order valence-electron chi connectivity index (χ4n) is 2.14. The average molecular weight is 241 g/mol. The maximum atomic E-state index is 5.24. The van der Waals surface area contributed by atoms with Gasteiger partial charge in [0.2, 0.25) is 0 Å². The molecule has 0 aliphatic rings. The van der Waals surface area contributed by atoms with Crippen molar-refractivity contribution < 1.29 is 4.74 Å². The minimum atomic E-state index is 0.892. The monoisotopic (exact) mass is 241 g/mol. The third-order valence-electron chi connectivity index (χ3n) is 3.05. The van der Waals surface area contributed by atoms with Crippen molar-refractivity contribution in [1.82, 2.24) is 5.32 Å². The first-order chi connectivity index (χ1) is 8.74. The lowest BCUT2D eigenvalue weighted by molar-refractivity contribution is 0.414. The molecule has 1 N–H and O–H groups in total. The van der Waals surface area contributed by atoms with Crippen molar-refractivity contribution >= 4 is 0 Å². The second-order valence-corrected chi connectivity index (χ2v) is 4.41. The summed E-state index contributed by atoms with van der Waals surface area (Å²) in [5.74, 6) is 0.905. The Labute approximate surface area is 109 Å². The predicted molar refractivity (Wildman–Crippen MR) is 75.9 cm³/mol. The molecule has 0 radical (unpaired) electrons. The van der Waals surface area contributed by atoms with Crippen LogP contribution in [0.15, 0.2) is 42.5 Å². The van der Waals surface area contributed by atoms with Gasteiger partial charge in [0.1, 0.15) is 5.75 Å². The van der Waals surface area contributed by atoms with E-state index in [0.717, 1.165) is 12.3 Å². The largest absolute Gasteiger partial charge is 0.497 e. The Morgan fingerprint density at radius 3 is 2.61 bits per heavy atom. The topological polar surface area (TPSA) is 21.3 Å². The van der Waals surface area contributed by atoms with Gasteiger partial charge in [-0.1, -0.05) is 24.3 Å². The first-order valence-electron chi connectivity index (χ1n) is 6.13. The number of benzene rings is 2. The molecule has 0 aliphatic carbocycles. The Kier molecular flexibility index (Phi) is 4.00. The van der Waals surface area contributed by atoms with E-state index in [1.165, 1.54) is 22.3 Å². The van der Waals surface area contributed by atoms with Gasteiger partial charge < -0.3 is 10.1 Å². The summed E-state index contributed by atoms with van der Waals surface area (Å²) >= 11 is 0. The van der Waals surface area contributed by atoms with Crippen LogP contribution in [0.2, 0.25) is 0 Å². The zero-order chi connectivity index (χ0) is 13.0. The molecule has 0 fully saturated rings. The SMILES string of the molecule is CNCc1cccc(-c2ccc(OC)cc2C)c1. The number of methoxy groups -OCH3 is 1. The Morgan fingerprint density at radius 2 is 1.94 bits per heavy atom. The minimum absolute atomic E-state index is 0.892. The lowest BCUT2D eigenvalue weighted by Crippen LogP contribution is -2.04. The smallest absolute Gasteiger partial charge is 0.119 e. The molecular formula is C16H19NO. The van der Waals surface area contributed by atoms with Crippen LogP contribution in [0, 0.1) is 6.92 Å². The van der Waals surface area contributed by atoms with Crippen LogP contribution in [0.3, 0.4) is 0 Å². The molecule has 2 aromatic carbocycles. The van der Waals surface area contributed by atoms with E-state index in [-0.39, 0.29) is 0 Å². The van der Waals surface area contributed by atoms with Gasteiger partial charge in [-0.15, -0.1) is 0 Å². The maximum absolute atomic E-state index is 5.24. The van der Waals surface area contributed by atoms with Crippen molar-refractivity contribution in [2.45, 2.75) is 13.5 Å². The molecule has 0 saturated carbocycles. The standard InChI is InChI=1S/C16H19NO/c1-12-9-15(18-3)7-8-16(12)14-6-4-5-13(10-14)11-17-2/h4-10,17H,11H2,1-3H3. The van der Waals surface area contributed by atoms with Crippen LogP contribution in [0.4, 0.5) is 0 Å². The number of hydrogen-bond acceptors (Lipinski definition) is 2. The van der Waals surface area contributed by atoms with Gasteiger partial charge in [0.15, 0.2) is 0 Å². The van der Waals surface area contributed by atoms with Gasteiger partial charge in [-0.3, -0.25) is 0 Å². The highest BCUT2D eigenvalue weighted by Gasteiger charge is 2.04. The lowest BCUT2D eigenvalue weighted by atomic mass is 9.98. The van der Waals surface area contributed by atoms with Gasteiger partial charge in [-0.05, 0) is 54.4 Å². The molecule has 0 aliphatic heterocycles. The van der Waals surface area contributed by atoms with Gasteiger partial charge in [-0.25, -0.2) is 0 Å². The summed E-state index contributed by atoms with van der Waals surface area (Å²) in [6, 6.07) is 14.8. The summed E-state index contributed by atoms with van der Waals surface area (Å²) in [6.07, 6.45) is 0. The van der Waals surface area contributed by atoms with Crippen molar-refractivity contribution in [3.63, 3.8) is 0 Å². The number of hydrogen-bond donors (Lipinski definition) is 1. The molecular weight excluding hydrogens is 222 g/mol. The van der Waals surface area contributed by atoms with E-state index in [4.69, 9.17) is 4.74 Å². The fourth-order valence-corrected chi connectivity index (χ4v) is 2.14. The van der Waals surface area contributed by atoms with Crippen LogP contribution in [0.25, 0.3) is 11.1 Å². The highest BCUT2D eigenvalue weighted by atomic mass is 16.5. The third kappa shape index (κ3) is 2.71. The summed E-state index contributed by atoms with van der Waals surface area (Å²) in [7, 11) is 3.66. The Balaban J connectivity index is 2.38. The fraction of sp³-hybridized carbons (Fsp3) is 0.250. The zero-order valence-corrected chi connectivity index (χ0v) is 11.2. The molecule has 94 valence electrons. The number of ether oxygens (including phenoxy) is 1. The number of aryl methyl sites for hydroxylation is 1. The van der Waals surface area contributed by atoms with Gasteiger partial charge >= 0.3 is 0 Å².